The van der Waals surface area contributed by atoms with Gasteiger partial charge in [0.15, 0.2) is 0 Å². The van der Waals surface area contributed by atoms with E-state index in [1.807, 2.05) is 0 Å². The first-order chi connectivity index (χ1) is 4.81. The van der Waals surface area contributed by atoms with Crippen LogP contribution in [0.5, 0.6) is 0 Å². The minimum Gasteiger partial charge on any atom is -0.326 e. The van der Waals surface area contributed by atoms with E-state index in [9.17, 15) is 12.3 Å². The molecule has 0 rings (SSSR count). The summed E-state index contributed by atoms with van der Waals surface area (Å²) in [6, 6.07) is -0.678. The third-order valence-electron chi connectivity index (χ3n) is 1.02. The SMILES string of the molecule is C=C(C)CC(N)CS(=O)(=O)F. The Labute approximate surface area is 66.3 Å². The van der Waals surface area contributed by atoms with E-state index in [-0.39, 0.29) is 0 Å². The summed E-state index contributed by atoms with van der Waals surface area (Å²) in [6.07, 6.45) is 0.336. The summed E-state index contributed by atoms with van der Waals surface area (Å²) in [7, 11) is -4.44. The summed E-state index contributed by atoms with van der Waals surface area (Å²) in [4.78, 5) is 0. The third-order valence-corrected chi connectivity index (χ3v) is 1.85. The fourth-order valence-electron chi connectivity index (χ4n) is 0.762. The Balaban J connectivity index is 3.89. The van der Waals surface area contributed by atoms with Gasteiger partial charge < -0.3 is 5.73 Å². The van der Waals surface area contributed by atoms with Crippen molar-refractivity contribution in [2.45, 2.75) is 19.4 Å². The van der Waals surface area contributed by atoms with Crippen molar-refractivity contribution in [3.05, 3.63) is 12.2 Å². The Bertz CT molecular complexity index is 235. The van der Waals surface area contributed by atoms with Gasteiger partial charge in [-0.1, -0.05) is 5.57 Å². The number of rotatable bonds is 4. The van der Waals surface area contributed by atoms with Crippen LogP contribution in [0.3, 0.4) is 0 Å². The molecule has 0 aromatic heterocycles. The van der Waals surface area contributed by atoms with Crippen LogP contribution in [0.15, 0.2) is 12.2 Å². The first kappa shape index (κ1) is 10.6. The van der Waals surface area contributed by atoms with Gasteiger partial charge in [0.2, 0.25) is 0 Å². The molecule has 0 fully saturated rings. The maximum absolute atomic E-state index is 12.0. The van der Waals surface area contributed by atoms with E-state index < -0.39 is 22.0 Å². The Morgan fingerprint density at radius 1 is 1.73 bits per heavy atom. The van der Waals surface area contributed by atoms with Crippen molar-refractivity contribution in [2.75, 3.05) is 5.75 Å². The summed E-state index contributed by atoms with van der Waals surface area (Å²) < 4.78 is 32.0. The van der Waals surface area contributed by atoms with Gasteiger partial charge in [-0.2, -0.15) is 8.42 Å². The molecule has 11 heavy (non-hydrogen) atoms. The molecule has 1 atom stereocenters. The van der Waals surface area contributed by atoms with Crippen molar-refractivity contribution in [3.63, 3.8) is 0 Å². The lowest BCUT2D eigenvalue weighted by Gasteiger charge is -2.06. The lowest BCUT2D eigenvalue weighted by Crippen LogP contribution is -2.27. The number of halogens is 1. The van der Waals surface area contributed by atoms with E-state index >= 15 is 0 Å². The Kier molecular flexibility index (Phi) is 3.68. The summed E-state index contributed by atoms with van der Waals surface area (Å²) in [5, 5.41) is 0. The van der Waals surface area contributed by atoms with Gasteiger partial charge in [0, 0.05) is 6.04 Å². The molecular weight excluding hydrogens is 169 g/mol. The molecule has 0 aliphatic carbocycles. The van der Waals surface area contributed by atoms with Crippen LogP contribution in [-0.4, -0.2) is 20.2 Å². The smallest absolute Gasteiger partial charge is 0.303 e. The highest BCUT2D eigenvalue weighted by atomic mass is 32.3. The molecule has 0 aliphatic heterocycles. The number of hydrogen-bond donors (Lipinski definition) is 1. The average Bonchev–Trinajstić information content (AvgIpc) is 1.53. The van der Waals surface area contributed by atoms with Crippen molar-refractivity contribution < 1.29 is 12.3 Å². The highest BCUT2D eigenvalue weighted by molar-refractivity contribution is 7.86. The lowest BCUT2D eigenvalue weighted by atomic mass is 10.1. The molecule has 3 nitrogen and oxygen atoms in total. The van der Waals surface area contributed by atoms with Crippen LogP contribution in [0.4, 0.5) is 3.89 Å². The second-order valence-corrected chi connectivity index (χ2v) is 4.04. The second-order valence-electron chi connectivity index (χ2n) is 2.63. The zero-order valence-electron chi connectivity index (χ0n) is 6.38. The minimum absolute atomic E-state index is 0.336. The summed E-state index contributed by atoms with van der Waals surface area (Å²) in [6.45, 7) is 5.24. The van der Waals surface area contributed by atoms with Crippen molar-refractivity contribution in [1.82, 2.24) is 0 Å². The predicted molar refractivity (Wildman–Crippen MR) is 42.3 cm³/mol. The van der Waals surface area contributed by atoms with Gasteiger partial charge in [0.1, 0.15) is 0 Å². The van der Waals surface area contributed by atoms with Gasteiger partial charge in [0.05, 0.1) is 5.75 Å². The Morgan fingerprint density at radius 2 is 2.18 bits per heavy atom. The quantitative estimate of drug-likeness (QED) is 0.509. The van der Waals surface area contributed by atoms with Crippen LogP contribution >= 0.6 is 0 Å². The third kappa shape index (κ3) is 7.48. The topological polar surface area (TPSA) is 60.2 Å². The monoisotopic (exact) mass is 181 g/mol. The zero-order valence-corrected chi connectivity index (χ0v) is 7.20. The van der Waals surface area contributed by atoms with E-state index in [2.05, 4.69) is 6.58 Å². The number of nitrogens with two attached hydrogens (primary N) is 1. The molecule has 1 unspecified atom stereocenters. The molecular formula is C6H12FNO2S. The molecule has 0 heterocycles. The maximum atomic E-state index is 12.0. The van der Waals surface area contributed by atoms with Gasteiger partial charge in [-0.3, -0.25) is 0 Å². The lowest BCUT2D eigenvalue weighted by molar-refractivity contribution is 0.542. The summed E-state index contributed by atoms with van der Waals surface area (Å²) in [5.74, 6) is -0.625. The van der Waals surface area contributed by atoms with E-state index in [4.69, 9.17) is 5.73 Å². The van der Waals surface area contributed by atoms with E-state index in [0.29, 0.717) is 6.42 Å². The van der Waals surface area contributed by atoms with Crippen molar-refractivity contribution in [3.8, 4) is 0 Å². The highest BCUT2D eigenvalue weighted by Gasteiger charge is 2.13. The van der Waals surface area contributed by atoms with Crippen molar-refractivity contribution in [2.24, 2.45) is 5.73 Å². The first-order valence-corrected chi connectivity index (χ1v) is 4.69. The van der Waals surface area contributed by atoms with Crippen LogP contribution in [-0.2, 0) is 10.2 Å². The highest BCUT2D eigenvalue weighted by Crippen LogP contribution is 2.03. The maximum Gasteiger partial charge on any atom is 0.303 e. The molecule has 0 aliphatic rings. The predicted octanol–water partition coefficient (Wildman–Crippen LogP) is 0.579. The normalized spacial score (nSPS) is 14.5. The number of hydrogen-bond acceptors (Lipinski definition) is 3. The molecule has 0 bridgehead atoms. The molecule has 0 aromatic rings. The first-order valence-electron chi connectivity index (χ1n) is 3.13. The van der Waals surface area contributed by atoms with Gasteiger partial charge in [-0.15, -0.1) is 10.5 Å². The molecule has 66 valence electrons. The molecule has 0 spiro atoms. The van der Waals surface area contributed by atoms with Crippen LogP contribution in [0, 0.1) is 0 Å². The standard InChI is InChI=1S/C6H12FNO2S/c1-5(2)3-6(8)4-11(7,9)10/h6H,1,3-4,8H2,2H3. The van der Waals surface area contributed by atoms with Gasteiger partial charge in [-0.05, 0) is 13.3 Å². The Morgan fingerprint density at radius 3 is 2.45 bits per heavy atom. The molecule has 0 amide bonds. The van der Waals surface area contributed by atoms with Crippen LogP contribution in [0.1, 0.15) is 13.3 Å². The molecule has 0 aromatic carbocycles. The average molecular weight is 181 g/mol. The van der Waals surface area contributed by atoms with Crippen LogP contribution < -0.4 is 5.73 Å². The molecule has 2 N–H and O–H groups in total. The largest absolute Gasteiger partial charge is 0.326 e. The van der Waals surface area contributed by atoms with E-state index in [1.165, 1.54) is 0 Å². The fourth-order valence-corrected chi connectivity index (χ4v) is 1.39. The molecule has 5 heteroatoms. The summed E-state index contributed by atoms with van der Waals surface area (Å²) >= 11 is 0. The second kappa shape index (κ2) is 3.82. The van der Waals surface area contributed by atoms with E-state index in [1.54, 1.807) is 6.92 Å². The van der Waals surface area contributed by atoms with E-state index in [0.717, 1.165) is 5.57 Å². The minimum atomic E-state index is -4.44. The van der Waals surface area contributed by atoms with Crippen LogP contribution in [0.2, 0.25) is 0 Å². The molecule has 0 radical (unpaired) electrons. The zero-order chi connectivity index (χ0) is 9.07. The van der Waals surface area contributed by atoms with Crippen LogP contribution in [0.25, 0.3) is 0 Å². The van der Waals surface area contributed by atoms with Gasteiger partial charge in [0.25, 0.3) is 0 Å². The summed E-state index contributed by atoms with van der Waals surface area (Å²) in [5.41, 5.74) is 6.03. The molecule has 0 saturated carbocycles. The Hall–Kier alpha value is -0.420. The molecule has 0 saturated heterocycles. The van der Waals surface area contributed by atoms with Gasteiger partial charge >= 0.3 is 10.2 Å². The van der Waals surface area contributed by atoms with Gasteiger partial charge in [-0.25, -0.2) is 0 Å². The van der Waals surface area contributed by atoms with Crippen molar-refractivity contribution in [1.29, 1.82) is 0 Å². The fraction of sp³-hybridized carbons (Fsp3) is 0.667. The van der Waals surface area contributed by atoms with Crippen molar-refractivity contribution >= 4 is 10.2 Å².